The third kappa shape index (κ3) is 7.35. The molecule has 0 unspecified atom stereocenters. The topological polar surface area (TPSA) is 118 Å². The molecule has 0 bridgehead atoms. The second-order valence-electron chi connectivity index (χ2n) is 5.70. The molecule has 0 aromatic rings. The van der Waals surface area contributed by atoms with Gasteiger partial charge in [0.25, 0.3) is 0 Å². The Morgan fingerprint density at radius 3 is 1.71 bits per heavy atom. The number of methoxy groups -OCH3 is 1. The number of ether oxygens (including phenoxy) is 5. The number of aliphatic carboxylic acids is 1. The van der Waals surface area contributed by atoms with E-state index in [1.54, 1.807) is 13.8 Å². The van der Waals surface area contributed by atoms with E-state index >= 15 is 0 Å². The molecule has 0 atom stereocenters. The van der Waals surface area contributed by atoms with Gasteiger partial charge >= 0.3 is 11.9 Å². The average molecular weight is 348 g/mol. The van der Waals surface area contributed by atoms with Gasteiger partial charge in [-0.25, -0.2) is 0 Å². The van der Waals surface area contributed by atoms with Crippen molar-refractivity contribution in [1.29, 1.82) is 0 Å². The standard InChI is InChI=1S/C9H14O5.C6H10O4/c1-9(13-3-4-14-9)6-7(10)5-8(11)12-2;1-6(4-5(7)8)9-2-3-10-6/h3-6H2,1-2H3;2-4H2,1H3,(H,7,8). The summed E-state index contributed by atoms with van der Waals surface area (Å²) in [4.78, 5) is 32.3. The van der Waals surface area contributed by atoms with Crippen LogP contribution in [0, 0.1) is 0 Å². The fourth-order valence-corrected chi connectivity index (χ4v) is 2.25. The summed E-state index contributed by atoms with van der Waals surface area (Å²) in [7, 11) is 1.25. The Balaban J connectivity index is 0.000000254. The van der Waals surface area contributed by atoms with Crippen molar-refractivity contribution in [3.05, 3.63) is 0 Å². The van der Waals surface area contributed by atoms with Gasteiger partial charge in [-0.3, -0.25) is 14.4 Å². The van der Waals surface area contributed by atoms with Crippen molar-refractivity contribution in [2.24, 2.45) is 0 Å². The second-order valence-corrected chi connectivity index (χ2v) is 5.70. The highest BCUT2D eigenvalue weighted by Gasteiger charge is 2.34. The minimum atomic E-state index is -0.899. The van der Waals surface area contributed by atoms with Gasteiger partial charge in [-0.2, -0.15) is 0 Å². The first-order valence-electron chi connectivity index (χ1n) is 7.54. The second kappa shape index (κ2) is 9.07. The fraction of sp³-hybridized carbons (Fsp3) is 0.800. The van der Waals surface area contributed by atoms with Crippen LogP contribution < -0.4 is 0 Å². The molecule has 2 heterocycles. The third-order valence-corrected chi connectivity index (χ3v) is 3.36. The van der Waals surface area contributed by atoms with E-state index in [9.17, 15) is 14.4 Å². The maximum absolute atomic E-state index is 11.3. The summed E-state index contributed by atoms with van der Waals surface area (Å²) < 4.78 is 24.9. The van der Waals surface area contributed by atoms with E-state index in [0.717, 1.165) is 0 Å². The van der Waals surface area contributed by atoms with Gasteiger partial charge in [0.15, 0.2) is 11.6 Å². The van der Waals surface area contributed by atoms with Crippen LogP contribution in [0.3, 0.4) is 0 Å². The number of esters is 1. The molecule has 2 aliphatic heterocycles. The van der Waals surface area contributed by atoms with Gasteiger partial charge in [-0.1, -0.05) is 0 Å². The molecule has 138 valence electrons. The summed E-state index contributed by atoms with van der Waals surface area (Å²) in [5, 5.41) is 8.38. The molecule has 2 fully saturated rings. The number of ketones is 1. The molecule has 2 aliphatic rings. The Morgan fingerprint density at radius 2 is 1.33 bits per heavy atom. The molecular formula is C15H24O9. The summed E-state index contributed by atoms with van der Waals surface area (Å²) in [6, 6.07) is 0. The summed E-state index contributed by atoms with van der Waals surface area (Å²) in [5.74, 6) is -3.40. The molecule has 0 aromatic heterocycles. The van der Waals surface area contributed by atoms with Gasteiger partial charge in [0, 0.05) is 0 Å². The maximum Gasteiger partial charge on any atom is 0.313 e. The number of carbonyl (C=O) groups excluding carboxylic acids is 2. The molecule has 0 saturated carbocycles. The SMILES string of the molecule is CC1(CC(=O)O)OCCO1.COC(=O)CC(=O)CC1(C)OCCO1. The highest BCUT2D eigenvalue weighted by Crippen LogP contribution is 2.23. The normalized spacial score (nSPS) is 20.8. The minimum Gasteiger partial charge on any atom is -0.481 e. The van der Waals surface area contributed by atoms with Crippen LogP contribution in [0.15, 0.2) is 0 Å². The first-order chi connectivity index (χ1) is 11.2. The summed E-state index contributed by atoms with van der Waals surface area (Å²) in [6.07, 6.45) is -0.228. The Kier molecular flexibility index (Phi) is 7.74. The molecule has 24 heavy (non-hydrogen) atoms. The van der Waals surface area contributed by atoms with Crippen molar-refractivity contribution in [2.75, 3.05) is 33.5 Å². The zero-order chi connectivity index (χ0) is 18.2. The predicted octanol–water partition coefficient (Wildman–Crippen LogP) is 0.496. The molecular weight excluding hydrogens is 324 g/mol. The van der Waals surface area contributed by atoms with Crippen LogP contribution in [-0.2, 0) is 38.1 Å². The minimum absolute atomic E-state index is 0.0854. The van der Waals surface area contributed by atoms with Crippen LogP contribution in [0.1, 0.15) is 33.1 Å². The third-order valence-electron chi connectivity index (χ3n) is 3.36. The lowest BCUT2D eigenvalue weighted by Gasteiger charge is -2.20. The molecule has 0 amide bonds. The number of hydrogen-bond acceptors (Lipinski definition) is 8. The lowest BCUT2D eigenvalue weighted by atomic mass is 10.1. The molecule has 1 N–H and O–H groups in total. The molecule has 0 aliphatic carbocycles. The van der Waals surface area contributed by atoms with Crippen molar-refractivity contribution in [1.82, 2.24) is 0 Å². The van der Waals surface area contributed by atoms with E-state index in [1.165, 1.54) is 7.11 Å². The van der Waals surface area contributed by atoms with Crippen LogP contribution in [0.25, 0.3) is 0 Å². The van der Waals surface area contributed by atoms with Crippen molar-refractivity contribution in [2.45, 2.75) is 44.7 Å². The number of carbonyl (C=O) groups is 3. The van der Waals surface area contributed by atoms with Crippen molar-refractivity contribution in [3.8, 4) is 0 Å². The lowest BCUT2D eigenvalue weighted by molar-refractivity contribution is -0.170. The highest BCUT2D eigenvalue weighted by atomic mass is 16.7. The van der Waals surface area contributed by atoms with Gasteiger partial charge in [-0.15, -0.1) is 0 Å². The van der Waals surface area contributed by atoms with Crippen molar-refractivity contribution >= 4 is 17.7 Å². The Hall–Kier alpha value is -1.55. The number of rotatable bonds is 6. The van der Waals surface area contributed by atoms with Gasteiger partial charge in [0.05, 0.1) is 46.4 Å². The smallest absolute Gasteiger partial charge is 0.313 e. The lowest BCUT2D eigenvalue weighted by Crippen LogP contribution is -2.30. The van der Waals surface area contributed by atoms with Crippen LogP contribution in [-0.4, -0.2) is 67.9 Å². The zero-order valence-corrected chi connectivity index (χ0v) is 14.2. The molecule has 9 heteroatoms. The predicted molar refractivity (Wildman–Crippen MR) is 79.1 cm³/mol. The van der Waals surface area contributed by atoms with E-state index < -0.39 is 23.5 Å². The fourth-order valence-electron chi connectivity index (χ4n) is 2.25. The van der Waals surface area contributed by atoms with Gasteiger partial charge in [0.2, 0.25) is 0 Å². The van der Waals surface area contributed by atoms with Crippen molar-refractivity contribution in [3.63, 3.8) is 0 Å². The van der Waals surface area contributed by atoms with Crippen LogP contribution in [0.4, 0.5) is 0 Å². The summed E-state index contributed by atoms with van der Waals surface area (Å²) in [6.45, 7) is 5.28. The quantitative estimate of drug-likeness (QED) is 0.540. The van der Waals surface area contributed by atoms with E-state index in [-0.39, 0.29) is 25.0 Å². The van der Waals surface area contributed by atoms with E-state index in [1.807, 2.05) is 0 Å². The Labute approximate surface area is 140 Å². The summed E-state index contributed by atoms with van der Waals surface area (Å²) in [5.41, 5.74) is 0. The Morgan fingerprint density at radius 1 is 0.917 bits per heavy atom. The summed E-state index contributed by atoms with van der Waals surface area (Å²) >= 11 is 0. The van der Waals surface area contributed by atoms with Crippen LogP contribution >= 0.6 is 0 Å². The van der Waals surface area contributed by atoms with Gasteiger partial charge in [-0.05, 0) is 13.8 Å². The zero-order valence-electron chi connectivity index (χ0n) is 14.2. The number of carboxylic acids is 1. The average Bonchev–Trinajstić information content (AvgIpc) is 3.07. The number of hydrogen-bond donors (Lipinski definition) is 1. The van der Waals surface area contributed by atoms with Crippen LogP contribution in [0.2, 0.25) is 0 Å². The molecule has 0 spiro atoms. The van der Waals surface area contributed by atoms with Gasteiger partial charge in [0.1, 0.15) is 12.2 Å². The molecule has 0 aromatic carbocycles. The Bertz CT molecular complexity index is 448. The number of carboxylic acid groups (broad SMARTS) is 1. The van der Waals surface area contributed by atoms with Crippen LogP contribution in [0.5, 0.6) is 0 Å². The highest BCUT2D eigenvalue weighted by molar-refractivity contribution is 5.95. The van der Waals surface area contributed by atoms with E-state index in [0.29, 0.717) is 26.4 Å². The number of Topliss-reactive ketones (excluding diaryl/α,β-unsaturated/α-hetero) is 1. The molecule has 2 saturated heterocycles. The monoisotopic (exact) mass is 348 g/mol. The van der Waals surface area contributed by atoms with E-state index in [4.69, 9.17) is 24.1 Å². The van der Waals surface area contributed by atoms with E-state index in [2.05, 4.69) is 4.74 Å². The molecule has 2 rings (SSSR count). The van der Waals surface area contributed by atoms with Gasteiger partial charge < -0.3 is 28.8 Å². The maximum atomic E-state index is 11.3. The molecule has 9 nitrogen and oxygen atoms in total. The largest absolute Gasteiger partial charge is 0.481 e. The first-order valence-corrected chi connectivity index (χ1v) is 7.54. The molecule has 0 radical (unpaired) electrons. The van der Waals surface area contributed by atoms with Crippen molar-refractivity contribution < 1.29 is 43.2 Å². The first kappa shape index (κ1) is 20.5.